The van der Waals surface area contributed by atoms with Crippen molar-refractivity contribution in [1.82, 2.24) is 5.32 Å². The van der Waals surface area contributed by atoms with Crippen molar-refractivity contribution in [3.05, 3.63) is 35.4 Å². The third kappa shape index (κ3) is 4.79. The summed E-state index contributed by atoms with van der Waals surface area (Å²) in [5, 5.41) is 3.50. The lowest BCUT2D eigenvalue weighted by atomic mass is 10.1. The van der Waals surface area contributed by atoms with Gasteiger partial charge < -0.3 is 10.1 Å². The third-order valence-electron chi connectivity index (χ3n) is 3.29. The Hall–Kier alpha value is -0.860. The van der Waals surface area contributed by atoms with Crippen molar-refractivity contribution in [3.8, 4) is 0 Å². The second kappa shape index (κ2) is 6.91. The first-order valence-electron chi connectivity index (χ1n) is 7.11. The number of hydrogen-bond acceptors (Lipinski definition) is 2. The minimum absolute atomic E-state index is 0.697. The molecule has 2 nitrogen and oxygen atoms in total. The topological polar surface area (TPSA) is 21.3 Å². The molecule has 0 heterocycles. The predicted molar refractivity (Wildman–Crippen MR) is 75.4 cm³/mol. The van der Waals surface area contributed by atoms with Crippen molar-refractivity contribution < 1.29 is 4.74 Å². The molecule has 0 unspecified atom stereocenters. The minimum atomic E-state index is 0.697. The van der Waals surface area contributed by atoms with E-state index >= 15 is 0 Å². The fraction of sp³-hybridized carbons (Fsp3) is 0.625. The first kappa shape index (κ1) is 13.6. The van der Waals surface area contributed by atoms with Crippen LogP contribution in [0.2, 0.25) is 0 Å². The Morgan fingerprint density at radius 3 is 2.61 bits per heavy atom. The van der Waals surface area contributed by atoms with Gasteiger partial charge in [-0.1, -0.05) is 38.1 Å². The van der Waals surface area contributed by atoms with Gasteiger partial charge in [-0.25, -0.2) is 0 Å². The molecule has 2 heteroatoms. The Bertz CT molecular complexity index is 331. The van der Waals surface area contributed by atoms with Crippen molar-refractivity contribution >= 4 is 0 Å². The highest BCUT2D eigenvalue weighted by Crippen LogP contribution is 2.29. The maximum atomic E-state index is 5.78. The van der Waals surface area contributed by atoms with Gasteiger partial charge in [0.25, 0.3) is 0 Å². The lowest BCUT2D eigenvalue weighted by Crippen LogP contribution is -2.19. The fourth-order valence-corrected chi connectivity index (χ4v) is 1.99. The zero-order valence-corrected chi connectivity index (χ0v) is 11.6. The Morgan fingerprint density at radius 1 is 1.22 bits per heavy atom. The molecule has 0 aliphatic heterocycles. The summed E-state index contributed by atoms with van der Waals surface area (Å²) < 4.78 is 5.78. The van der Waals surface area contributed by atoms with Gasteiger partial charge in [0.05, 0.1) is 6.61 Å². The van der Waals surface area contributed by atoms with E-state index in [2.05, 4.69) is 43.4 Å². The van der Waals surface area contributed by atoms with Crippen LogP contribution < -0.4 is 5.32 Å². The molecule has 100 valence electrons. The summed E-state index contributed by atoms with van der Waals surface area (Å²) >= 11 is 0. The summed E-state index contributed by atoms with van der Waals surface area (Å²) in [4.78, 5) is 0. The molecule has 0 bridgehead atoms. The van der Waals surface area contributed by atoms with Crippen LogP contribution in [-0.4, -0.2) is 13.2 Å². The average molecular weight is 247 g/mol. The van der Waals surface area contributed by atoms with Gasteiger partial charge in [0, 0.05) is 13.2 Å². The van der Waals surface area contributed by atoms with Crippen LogP contribution in [0.4, 0.5) is 0 Å². The molecule has 0 amide bonds. The van der Waals surface area contributed by atoms with E-state index in [1.165, 1.54) is 24.0 Å². The molecule has 0 aromatic heterocycles. The van der Waals surface area contributed by atoms with Crippen LogP contribution in [0.15, 0.2) is 24.3 Å². The van der Waals surface area contributed by atoms with Gasteiger partial charge in [-0.3, -0.25) is 0 Å². The van der Waals surface area contributed by atoms with E-state index in [1.54, 1.807) is 0 Å². The molecule has 1 N–H and O–H groups in total. The van der Waals surface area contributed by atoms with Gasteiger partial charge in [0.15, 0.2) is 0 Å². The van der Waals surface area contributed by atoms with Crippen molar-refractivity contribution in [2.45, 2.75) is 39.8 Å². The molecule has 0 atom stereocenters. The maximum absolute atomic E-state index is 5.78. The van der Waals surface area contributed by atoms with Gasteiger partial charge in [0.2, 0.25) is 0 Å². The lowest BCUT2D eigenvalue weighted by Gasteiger charge is -2.12. The van der Waals surface area contributed by atoms with Crippen LogP contribution >= 0.6 is 0 Å². The summed E-state index contributed by atoms with van der Waals surface area (Å²) in [6.07, 6.45) is 2.72. The molecule has 1 aromatic carbocycles. The Kier molecular flexibility index (Phi) is 5.21. The molecule has 1 fully saturated rings. The SMILES string of the molecule is CC(C)CNCc1ccccc1COCC1CC1. The van der Waals surface area contributed by atoms with Crippen LogP contribution in [-0.2, 0) is 17.9 Å². The number of hydrogen-bond donors (Lipinski definition) is 1. The summed E-state index contributed by atoms with van der Waals surface area (Å²) in [6.45, 7) is 8.18. The number of benzene rings is 1. The molecular formula is C16H25NO. The van der Waals surface area contributed by atoms with Crippen LogP contribution in [0.1, 0.15) is 37.8 Å². The molecular weight excluding hydrogens is 222 g/mol. The van der Waals surface area contributed by atoms with Gasteiger partial charge >= 0.3 is 0 Å². The van der Waals surface area contributed by atoms with Gasteiger partial charge in [-0.15, -0.1) is 0 Å². The highest BCUT2D eigenvalue weighted by atomic mass is 16.5. The van der Waals surface area contributed by atoms with E-state index in [0.717, 1.165) is 32.2 Å². The third-order valence-corrected chi connectivity index (χ3v) is 3.29. The Balaban J connectivity index is 1.79. The van der Waals surface area contributed by atoms with E-state index < -0.39 is 0 Å². The zero-order chi connectivity index (χ0) is 12.8. The quantitative estimate of drug-likeness (QED) is 0.760. The highest BCUT2D eigenvalue weighted by molar-refractivity contribution is 5.26. The first-order chi connectivity index (χ1) is 8.75. The van der Waals surface area contributed by atoms with Crippen molar-refractivity contribution in [2.75, 3.05) is 13.2 Å². The Morgan fingerprint density at radius 2 is 1.94 bits per heavy atom. The molecule has 1 aliphatic carbocycles. The monoisotopic (exact) mass is 247 g/mol. The van der Waals surface area contributed by atoms with Crippen LogP contribution in [0, 0.1) is 11.8 Å². The zero-order valence-electron chi connectivity index (χ0n) is 11.6. The summed E-state index contributed by atoms with van der Waals surface area (Å²) in [7, 11) is 0. The largest absolute Gasteiger partial charge is 0.376 e. The molecule has 0 spiro atoms. The van der Waals surface area contributed by atoms with Crippen LogP contribution in [0.25, 0.3) is 0 Å². The minimum Gasteiger partial charge on any atom is -0.376 e. The first-order valence-corrected chi connectivity index (χ1v) is 7.11. The van der Waals surface area contributed by atoms with E-state index in [-0.39, 0.29) is 0 Å². The van der Waals surface area contributed by atoms with Crippen molar-refractivity contribution in [1.29, 1.82) is 0 Å². The van der Waals surface area contributed by atoms with E-state index in [9.17, 15) is 0 Å². The standard InChI is InChI=1S/C16H25NO/c1-13(2)9-17-10-15-5-3-4-6-16(15)12-18-11-14-7-8-14/h3-6,13-14,17H,7-12H2,1-2H3. The maximum Gasteiger partial charge on any atom is 0.0720 e. The molecule has 18 heavy (non-hydrogen) atoms. The van der Waals surface area contributed by atoms with E-state index in [4.69, 9.17) is 4.74 Å². The predicted octanol–water partition coefficient (Wildman–Crippen LogP) is 3.36. The van der Waals surface area contributed by atoms with E-state index in [1.807, 2.05) is 0 Å². The molecule has 0 radical (unpaired) electrons. The van der Waals surface area contributed by atoms with Crippen LogP contribution in [0.3, 0.4) is 0 Å². The van der Waals surface area contributed by atoms with Gasteiger partial charge in [-0.05, 0) is 42.3 Å². The average Bonchev–Trinajstić information content (AvgIpc) is 3.15. The van der Waals surface area contributed by atoms with Gasteiger partial charge in [-0.2, -0.15) is 0 Å². The number of rotatable bonds is 8. The summed E-state index contributed by atoms with van der Waals surface area (Å²) in [5.74, 6) is 1.54. The molecule has 1 aliphatic rings. The molecule has 2 rings (SSSR count). The second-order valence-electron chi connectivity index (χ2n) is 5.75. The summed E-state index contributed by atoms with van der Waals surface area (Å²) in [6, 6.07) is 8.58. The smallest absolute Gasteiger partial charge is 0.0720 e. The van der Waals surface area contributed by atoms with Gasteiger partial charge in [0.1, 0.15) is 0 Å². The van der Waals surface area contributed by atoms with Crippen LogP contribution in [0.5, 0.6) is 0 Å². The Labute approximate surface area is 111 Å². The summed E-state index contributed by atoms with van der Waals surface area (Å²) in [5.41, 5.74) is 2.70. The number of nitrogens with one attached hydrogen (secondary N) is 1. The molecule has 1 aromatic rings. The molecule has 1 saturated carbocycles. The highest BCUT2D eigenvalue weighted by Gasteiger charge is 2.21. The van der Waals surface area contributed by atoms with E-state index in [0.29, 0.717) is 5.92 Å². The second-order valence-corrected chi connectivity index (χ2v) is 5.75. The molecule has 0 saturated heterocycles. The normalized spacial score (nSPS) is 15.3. The van der Waals surface area contributed by atoms with Crippen molar-refractivity contribution in [2.24, 2.45) is 11.8 Å². The number of ether oxygens (including phenoxy) is 1. The van der Waals surface area contributed by atoms with Crippen molar-refractivity contribution in [3.63, 3.8) is 0 Å². The lowest BCUT2D eigenvalue weighted by molar-refractivity contribution is 0.110. The fourth-order valence-electron chi connectivity index (χ4n) is 1.99.